The Balaban J connectivity index is 1.71. The molecule has 3 N–H and O–H groups in total. The second-order valence-electron chi connectivity index (χ2n) is 4.95. The van der Waals surface area contributed by atoms with Crippen LogP contribution in [0.1, 0.15) is 25.3 Å². The van der Waals surface area contributed by atoms with Crippen LogP contribution in [0.3, 0.4) is 0 Å². The molecule has 1 unspecified atom stereocenters. The Bertz CT molecular complexity index is 463. The minimum absolute atomic E-state index is 0.0187. The SMILES string of the molecule is CCCNC(=O)CCNC(=O)C1Cc2ccccc2N1. The van der Waals surface area contributed by atoms with E-state index in [1.54, 1.807) is 0 Å². The van der Waals surface area contributed by atoms with E-state index in [0.29, 0.717) is 25.9 Å². The van der Waals surface area contributed by atoms with Crippen molar-refractivity contribution in [3.8, 4) is 0 Å². The lowest BCUT2D eigenvalue weighted by molar-refractivity contribution is -0.122. The van der Waals surface area contributed by atoms with E-state index in [-0.39, 0.29) is 17.9 Å². The summed E-state index contributed by atoms with van der Waals surface area (Å²) in [5.74, 6) is -0.0701. The summed E-state index contributed by atoms with van der Waals surface area (Å²) in [7, 11) is 0. The number of nitrogens with one attached hydrogen (secondary N) is 3. The van der Waals surface area contributed by atoms with Crippen LogP contribution in [0.15, 0.2) is 24.3 Å². The number of anilines is 1. The number of amides is 2. The zero-order valence-corrected chi connectivity index (χ0v) is 11.7. The number of rotatable bonds is 6. The summed E-state index contributed by atoms with van der Waals surface area (Å²) in [5, 5.41) is 8.78. The van der Waals surface area contributed by atoms with Gasteiger partial charge in [-0.15, -0.1) is 0 Å². The van der Waals surface area contributed by atoms with Crippen LogP contribution < -0.4 is 16.0 Å². The van der Waals surface area contributed by atoms with Gasteiger partial charge in [0.1, 0.15) is 6.04 Å². The average Bonchev–Trinajstić information content (AvgIpc) is 2.89. The van der Waals surface area contributed by atoms with Crippen LogP contribution in [-0.2, 0) is 16.0 Å². The molecule has 1 heterocycles. The lowest BCUT2D eigenvalue weighted by Gasteiger charge is -2.11. The third-order valence-electron chi connectivity index (χ3n) is 3.31. The average molecular weight is 275 g/mol. The molecule has 2 rings (SSSR count). The van der Waals surface area contributed by atoms with E-state index in [9.17, 15) is 9.59 Å². The molecule has 5 heteroatoms. The lowest BCUT2D eigenvalue weighted by Crippen LogP contribution is -2.40. The summed E-state index contributed by atoms with van der Waals surface area (Å²) >= 11 is 0. The fourth-order valence-corrected chi connectivity index (χ4v) is 2.23. The van der Waals surface area contributed by atoms with Crippen molar-refractivity contribution >= 4 is 17.5 Å². The Labute approximate surface area is 119 Å². The highest BCUT2D eigenvalue weighted by Gasteiger charge is 2.25. The molecule has 1 aromatic carbocycles. The third-order valence-corrected chi connectivity index (χ3v) is 3.31. The van der Waals surface area contributed by atoms with E-state index >= 15 is 0 Å². The van der Waals surface area contributed by atoms with Gasteiger partial charge in [0.15, 0.2) is 0 Å². The zero-order valence-electron chi connectivity index (χ0n) is 11.7. The molecule has 0 spiro atoms. The number of hydrogen-bond donors (Lipinski definition) is 3. The first-order valence-corrected chi connectivity index (χ1v) is 7.09. The van der Waals surface area contributed by atoms with Crippen molar-refractivity contribution in [3.63, 3.8) is 0 Å². The third kappa shape index (κ3) is 3.73. The summed E-state index contributed by atoms with van der Waals surface area (Å²) in [6, 6.07) is 7.68. The van der Waals surface area contributed by atoms with Gasteiger partial charge in [0.25, 0.3) is 0 Å². The minimum atomic E-state index is -0.230. The van der Waals surface area contributed by atoms with Gasteiger partial charge in [-0.05, 0) is 18.1 Å². The predicted octanol–water partition coefficient (Wildman–Crippen LogP) is 1.06. The summed E-state index contributed by atoms with van der Waals surface area (Å²) in [6.45, 7) is 3.07. The zero-order chi connectivity index (χ0) is 14.4. The van der Waals surface area contributed by atoms with E-state index in [1.165, 1.54) is 0 Å². The highest BCUT2D eigenvalue weighted by Crippen LogP contribution is 2.24. The molecule has 0 bridgehead atoms. The Morgan fingerprint density at radius 1 is 1.25 bits per heavy atom. The maximum atomic E-state index is 12.0. The molecule has 1 aromatic rings. The second-order valence-corrected chi connectivity index (χ2v) is 4.95. The van der Waals surface area contributed by atoms with Gasteiger partial charge in [0.05, 0.1) is 0 Å². The molecule has 1 atom stereocenters. The number of hydrogen-bond acceptors (Lipinski definition) is 3. The van der Waals surface area contributed by atoms with Gasteiger partial charge in [-0.1, -0.05) is 25.1 Å². The summed E-state index contributed by atoms with van der Waals surface area (Å²) < 4.78 is 0. The summed E-state index contributed by atoms with van der Waals surface area (Å²) in [5.41, 5.74) is 2.18. The van der Waals surface area contributed by atoms with Gasteiger partial charge < -0.3 is 16.0 Å². The second kappa shape index (κ2) is 6.93. The van der Waals surface area contributed by atoms with Crippen molar-refractivity contribution in [2.45, 2.75) is 32.2 Å². The normalized spacial score (nSPS) is 16.1. The Morgan fingerprint density at radius 2 is 2.05 bits per heavy atom. The van der Waals surface area contributed by atoms with Gasteiger partial charge >= 0.3 is 0 Å². The molecule has 0 radical (unpaired) electrons. The van der Waals surface area contributed by atoms with Crippen LogP contribution in [0.25, 0.3) is 0 Å². The lowest BCUT2D eigenvalue weighted by atomic mass is 10.1. The van der Waals surface area contributed by atoms with Crippen molar-refractivity contribution in [1.29, 1.82) is 0 Å². The van der Waals surface area contributed by atoms with E-state index in [0.717, 1.165) is 17.7 Å². The molecule has 0 aliphatic carbocycles. The summed E-state index contributed by atoms with van der Waals surface area (Å²) in [6.07, 6.45) is 1.94. The van der Waals surface area contributed by atoms with E-state index < -0.39 is 0 Å². The molecule has 1 aliphatic heterocycles. The topological polar surface area (TPSA) is 70.2 Å². The van der Waals surface area contributed by atoms with Crippen LogP contribution >= 0.6 is 0 Å². The van der Waals surface area contributed by atoms with Crippen molar-refractivity contribution in [2.24, 2.45) is 0 Å². The predicted molar refractivity (Wildman–Crippen MR) is 78.5 cm³/mol. The first-order chi connectivity index (χ1) is 9.70. The largest absolute Gasteiger partial charge is 0.373 e. The Hall–Kier alpha value is -2.04. The standard InChI is InChI=1S/C15H21N3O2/c1-2-8-16-14(19)7-9-17-15(20)13-10-11-5-3-4-6-12(11)18-13/h3-6,13,18H,2,7-10H2,1H3,(H,16,19)(H,17,20). The molecule has 5 nitrogen and oxygen atoms in total. The molecule has 20 heavy (non-hydrogen) atoms. The molecular formula is C15H21N3O2. The first-order valence-electron chi connectivity index (χ1n) is 7.09. The number of para-hydroxylation sites is 1. The highest BCUT2D eigenvalue weighted by atomic mass is 16.2. The maximum Gasteiger partial charge on any atom is 0.242 e. The van der Waals surface area contributed by atoms with Crippen molar-refractivity contribution < 1.29 is 9.59 Å². The van der Waals surface area contributed by atoms with Gasteiger partial charge in [0, 0.05) is 31.6 Å². The van der Waals surface area contributed by atoms with Gasteiger partial charge in [-0.3, -0.25) is 9.59 Å². The molecule has 108 valence electrons. The molecule has 0 fully saturated rings. The Morgan fingerprint density at radius 3 is 2.80 bits per heavy atom. The van der Waals surface area contributed by atoms with Gasteiger partial charge in [0.2, 0.25) is 11.8 Å². The quantitative estimate of drug-likeness (QED) is 0.727. The van der Waals surface area contributed by atoms with E-state index in [4.69, 9.17) is 0 Å². The smallest absolute Gasteiger partial charge is 0.242 e. The van der Waals surface area contributed by atoms with E-state index in [1.807, 2.05) is 31.2 Å². The Kier molecular flexibility index (Phi) is 4.98. The molecule has 2 amide bonds. The number of fused-ring (bicyclic) bond motifs is 1. The molecule has 1 aliphatic rings. The molecule has 0 saturated heterocycles. The van der Waals surface area contributed by atoms with E-state index in [2.05, 4.69) is 16.0 Å². The van der Waals surface area contributed by atoms with Crippen LogP contribution in [0.5, 0.6) is 0 Å². The fourth-order valence-electron chi connectivity index (χ4n) is 2.23. The van der Waals surface area contributed by atoms with Crippen molar-refractivity contribution in [2.75, 3.05) is 18.4 Å². The minimum Gasteiger partial charge on any atom is -0.373 e. The monoisotopic (exact) mass is 275 g/mol. The first kappa shape index (κ1) is 14.4. The summed E-state index contributed by atoms with van der Waals surface area (Å²) in [4.78, 5) is 23.4. The fraction of sp³-hybridized carbons (Fsp3) is 0.467. The molecular weight excluding hydrogens is 254 g/mol. The molecule has 0 aromatic heterocycles. The van der Waals surface area contributed by atoms with Crippen LogP contribution in [0, 0.1) is 0 Å². The van der Waals surface area contributed by atoms with Gasteiger partial charge in [-0.25, -0.2) is 0 Å². The number of carbonyl (C=O) groups is 2. The van der Waals surface area contributed by atoms with Crippen molar-refractivity contribution in [3.05, 3.63) is 29.8 Å². The highest BCUT2D eigenvalue weighted by molar-refractivity contribution is 5.87. The number of benzene rings is 1. The molecule has 0 saturated carbocycles. The maximum absolute atomic E-state index is 12.0. The van der Waals surface area contributed by atoms with Crippen LogP contribution in [-0.4, -0.2) is 30.9 Å². The van der Waals surface area contributed by atoms with Crippen LogP contribution in [0.2, 0.25) is 0 Å². The number of carbonyl (C=O) groups excluding carboxylic acids is 2. The van der Waals surface area contributed by atoms with Crippen LogP contribution in [0.4, 0.5) is 5.69 Å². The van der Waals surface area contributed by atoms with Crippen molar-refractivity contribution in [1.82, 2.24) is 10.6 Å². The van der Waals surface area contributed by atoms with Gasteiger partial charge in [-0.2, -0.15) is 0 Å².